The lowest BCUT2D eigenvalue weighted by atomic mass is 10.0. The molecule has 0 fully saturated rings. The van der Waals surface area contributed by atoms with Gasteiger partial charge in [0.2, 0.25) is 0 Å². The molecule has 2 aromatic rings. The molecule has 0 bridgehead atoms. The molecule has 3 nitrogen and oxygen atoms in total. The Bertz CT molecular complexity index is 878. The van der Waals surface area contributed by atoms with Gasteiger partial charge >= 0.3 is 0 Å². The summed E-state index contributed by atoms with van der Waals surface area (Å²) in [5.41, 5.74) is 3.92. The summed E-state index contributed by atoms with van der Waals surface area (Å²) in [6.07, 6.45) is 0.780. The summed E-state index contributed by atoms with van der Waals surface area (Å²) in [6, 6.07) is 13.7. The number of carbonyl (C=O) groups is 1. The van der Waals surface area contributed by atoms with Crippen LogP contribution in [0.1, 0.15) is 40.6 Å². The van der Waals surface area contributed by atoms with Crippen molar-refractivity contribution in [3.63, 3.8) is 0 Å². The van der Waals surface area contributed by atoms with Gasteiger partial charge in [-0.1, -0.05) is 30.3 Å². The van der Waals surface area contributed by atoms with Gasteiger partial charge in [0.05, 0.1) is 4.90 Å². The van der Waals surface area contributed by atoms with Crippen LogP contribution in [-0.2, 0) is 9.84 Å². The summed E-state index contributed by atoms with van der Waals surface area (Å²) >= 11 is 0. The number of sulfone groups is 1. The van der Waals surface area contributed by atoms with Gasteiger partial charge in [-0.15, -0.1) is 0 Å². The standard InChI is InChI=1S/C18H16O3S/c1-12-13(2)18(16-9-8-14(11-19)10-17(12)16)22(20,21)15-6-4-3-5-7-15/h3-11,18H,1-2H3. The second kappa shape index (κ2) is 5.21. The Morgan fingerprint density at radius 2 is 1.68 bits per heavy atom. The minimum atomic E-state index is -3.50. The van der Waals surface area contributed by atoms with Crippen LogP contribution in [-0.4, -0.2) is 14.7 Å². The maximum absolute atomic E-state index is 13.0. The van der Waals surface area contributed by atoms with E-state index in [4.69, 9.17) is 0 Å². The van der Waals surface area contributed by atoms with Crippen molar-refractivity contribution in [1.82, 2.24) is 0 Å². The van der Waals surface area contributed by atoms with Crippen molar-refractivity contribution in [2.24, 2.45) is 0 Å². The maximum Gasteiger partial charge on any atom is 0.189 e. The lowest BCUT2D eigenvalue weighted by Crippen LogP contribution is -2.13. The zero-order valence-corrected chi connectivity index (χ0v) is 13.2. The zero-order chi connectivity index (χ0) is 15.9. The minimum Gasteiger partial charge on any atom is -0.298 e. The van der Waals surface area contributed by atoms with Crippen molar-refractivity contribution in [2.75, 3.05) is 0 Å². The molecule has 0 amide bonds. The molecule has 0 aliphatic heterocycles. The zero-order valence-electron chi connectivity index (χ0n) is 12.4. The SMILES string of the molecule is CC1=C(C)C(S(=O)(=O)c2ccccc2)c2ccc(C=O)cc21. The lowest BCUT2D eigenvalue weighted by Gasteiger charge is -2.15. The van der Waals surface area contributed by atoms with E-state index in [9.17, 15) is 13.2 Å². The van der Waals surface area contributed by atoms with Crippen LogP contribution in [0.25, 0.3) is 5.57 Å². The molecule has 1 aliphatic carbocycles. The smallest absolute Gasteiger partial charge is 0.189 e. The number of carbonyl (C=O) groups excluding carboxylic acids is 1. The summed E-state index contributed by atoms with van der Waals surface area (Å²) in [6.45, 7) is 3.75. The van der Waals surface area contributed by atoms with Crippen LogP contribution in [0.4, 0.5) is 0 Å². The van der Waals surface area contributed by atoms with E-state index in [1.165, 1.54) is 0 Å². The van der Waals surface area contributed by atoms with E-state index in [0.717, 1.165) is 28.6 Å². The summed E-state index contributed by atoms with van der Waals surface area (Å²) in [5, 5.41) is -0.675. The van der Waals surface area contributed by atoms with Crippen LogP contribution < -0.4 is 0 Å². The van der Waals surface area contributed by atoms with E-state index in [2.05, 4.69) is 0 Å². The number of allylic oxidation sites excluding steroid dienone is 1. The monoisotopic (exact) mass is 312 g/mol. The van der Waals surface area contributed by atoms with Crippen molar-refractivity contribution >= 4 is 21.7 Å². The van der Waals surface area contributed by atoms with Gasteiger partial charge in [-0.2, -0.15) is 0 Å². The van der Waals surface area contributed by atoms with Gasteiger partial charge in [-0.05, 0) is 54.3 Å². The Morgan fingerprint density at radius 1 is 1.00 bits per heavy atom. The molecule has 0 saturated heterocycles. The first-order valence-corrected chi connectivity index (χ1v) is 8.57. The molecule has 0 radical (unpaired) electrons. The molecule has 2 aromatic carbocycles. The van der Waals surface area contributed by atoms with E-state index in [1.807, 2.05) is 13.8 Å². The summed E-state index contributed by atoms with van der Waals surface area (Å²) < 4.78 is 26.0. The largest absolute Gasteiger partial charge is 0.298 e. The van der Waals surface area contributed by atoms with E-state index >= 15 is 0 Å². The summed E-state index contributed by atoms with van der Waals surface area (Å²) in [5.74, 6) is 0. The first-order valence-electron chi connectivity index (χ1n) is 7.02. The highest BCUT2D eigenvalue weighted by molar-refractivity contribution is 7.92. The van der Waals surface area contributed by atoms with Crippen molar-refractivity contribution in [3.8, 4) is 0 Å². The Balaban J connectivity index is 2.21. The summed E-state index contributed by atoms with van der Waals surface area (Å²) in [4.78, 5) is 11.3. The molecule has 1 unspecified atom stereocenters. The number of hydrogen-bond donors (Lipinski definition) is 0. The fourth-order valence-electron chi connectivity index (χ4n) is 2.99. The van der Waals surface area contributed by atoms with Crippen LogP contribution in [0.5, 0.6) is 0 Å². The molecular weight excluding hydrogens is 296 g/mol. The third-order valence-electron chi connectivity index (χ3n) is 4.27. The van der Waals surface area contributed by atoms with Crippen molar-refractivity contribution in [2.45, 2.75) is 24.0 Å². The highest BCUT2D eigenvalue weighted by Gasteiger charge is 2.37. The van der Waals surface area contributed by atoms with Crippen LogP contribution in [0, 0.1) is 0 Å². The molecule has 1 aliphatic rings. The number of benzene rings is 2. The molecular formula is C18H16O3S. The van der Waals surface area contributed by atoms with Crippen molar-refractivity contribution in [3.05, 3.63) is 70.8 Å². The van der Waals surface area contributed by atoms with E-state index in [-0.39, 0.29) is 0 Å². The normalized spacial score (nSPS) is 17.5. The van der Waals surface area contributed by atoms with Gasteiger partial charge in [-0.25, -0.2) is 8.42 Å². The second-order valence-corrected chi connectivity index (χ2v) is 7.54. The van der Waals surface area contributed by atoms with Crippen LogP contribution in [0.3, 0.4) is 0 Å². The highest BCUT2D eigenvalue weighted by atomic mass is 32.2. The first-order chi connectivity index (χ1) is 10.5. The van der Waals surface area contributed by atoms with Gasteiger partial charge in [0, 0.05) is 5.56 Å². The Morgan fingerprint density at radius 3 is 2.32 bits per heavy atom. The Kier molecular flexibility index (Phi) is 3.49. The lowest BCUT2D eigenvalue weighted by molar-refractivity contribution is 0.112. The number of aldehydes is 1. The Hall–Kier alpha value is -2.20. The van der Waals surface area contributed by atoms with Crippen molar-refractivity contribution < 1.29 is 13.2 Å². The third kappa shape index (κ3) is 2.11. The van der Waals surface area contributed by atoms with Crippen LogP contribution in [0.15, 0.2) is 59.0 Å². The topological polar surface area (TPSA) is 51.2 Å². The first kappa shape index (κ1) is 14.7. The average molecular weight is 312 g/mol. The fraction of sp³-hybridized carbons (Fsp3) is 0.167. The predicted molar refractivity (Wildman–Crippen MR) is 86.5 cm³/mol. The molecule has 0 spiro atoms. The highest BCUT2D eigenvalue weighted by Crippen LogP contribution is 2.46. The van der Waals surface area contributed by atoms with E-state index in [0.29, 0.717) is 10.5 Å². The molecule has 0 aromatic heterocycles. The number of rotatable bonds is 3. The molecule has 112 valence electrons. The van der Waals surface area contributed by atoms with Gasteiger partial charge in [0.1, 0.15) is 11.5 Å². The summed E-state index contributed by atoms with van der Waals surface area (Å²) in [7, 11) is -3.50. The molecule has 1 atom stereocenters. The minimum absolute atomic E-state index is 0.319. The van der Waals surface area contributed by atoms with Gasteiger partial charge < -0.3 is 0 Å². The molecule has 0 N–H and O–H groups in total. The van der Waals surface area contributed by atoms with Gasteiger partial charge in [0.15, 0.2) is 9.84 Å². The molecule has 4 heteroatoms. The average Bonchev–Trinajstić information content (AvgIpc) is 2.79. The van der Waals surface area contributed by atoms with E-state index in [1.54, 1.807) is 48.5 Å². The Labute approximate surface area is 130 Å². The third-order valence-corrected chi connectivity index (χ3v) is 6.42. The van der Waals surface area contributed by atoms with Gasteiger partial charge in [0.25, 0.3) is 0 Å². The fourth-order valence-corrected chi connectivity index (χ4v) is 4.98. The molecule has 3 rings (SSSR count). The number of hydrogen-bond acceptors (Lipinski definition) is 3. The van der Waals surface area contributed by atoms with Crippen LogP contribution in [0.2, 0.25) is 0 Å². The quantitative estimate of drug-likeness (QED) is 0.810. The molecule has 0 heterocycles. The predicted octanol–water partition coefficient (Wildman–Crippen LogP) is 3.82. The maximum atomic E-state index is 13.0. The van der Waals surface area contributed by atoms with E-state index < -0.39 is 15.1 Å². The number of fused-ring (bicyclic) bond motifs is 1. The van der Waals surface area contributed by atoms with Crippen LogP contribution >= 0.6 is 0 Å². The molecule has 0 saturated carbocycles. The van der Waals surface area contributed by atoms with Gasteiger partial charge in [-0.3, -0.25) is 4.79 Å². The molecule has 22 heavy (non-hydrogen) atoms. The van der Waals surface area contributed by atoms with Crippen molar-refractivity contribution in [1.29, 1.82) is 0 Å². The second-order valence-electron chi connectivity index (χ2n) is 5.51.